The minimum atomic E-state index is -1.26. The highest BCUT2D eigenvalue weighted by Crippen LogP contribution is 2.26. The fraction of sp³-hybridized carbons (Fsp3) is 0.500. The molecule has 23 heavy (non-hydrogen) atoms. The third-order valence-corrected chi connectivity index (χ3v) is 6.60. The molecule has 0 radical (unpaired) electrons. The average Bonchev–Trinajstić information content (AvgIpc) is 3.16. The number of aromatic nitrogens is 1. The number of carbonyl (C=O) groups excluding carboxylic acids is 1. The van der Waals surface area contributed by atoms with E-state index in [1.165, 1.54) is 0 Å². The molecular weight excluding hydrogens is 348 g/mol. The van der Waals surface area contributed by atoms with E-state index in [2.05, 4.69) is 24.1 Å². The molecule has 0 spiro atoms. The molecule has 0 fully saturated rings. The van der Waals surface area contributed by atoms with Crippen molar-refractivity contribution in [2.45, 2.75) is 38.2 Å². The average molecular weight is 371 g/mol. The highest BCUT2D eigenvalue weighted by atomic mass is 32.2. The Morgan fingerprint density at radius 2 is 2.13 bits per heavy atom. The molecule has 0 saturated heterocycles. The highest BCUT2D eigenvalue weighted by molar-refractivity contribution is 7.85. The number of rotatable bonds is 8. The van der Waals surface area contributed by atoms with Gasteiger partial charge in [-0.1, -0.05) is 13.8 Å². The van der Waals surface area contributed by atoms with E-state index in [9.17, 15) is 9.00 Å². The van der Waals surface area contributed by atoms with Crippen LogP contribution in [0, 0.1) is 5.92 Å². The van der Waals surface area contributed by atoms with E-state index in [1.807, 2.05) is 22.2 Å². The molecule has 126 valence electrons. The van der Waals surface area contributed by atoms with Crippen molar-refractivity contribution >= 4 is 39.4 Å². The number of amides is 1. The van der Waals surface area contributed by atoms with Gasteiger partial charge in [0.25, 0.3) is 0 Å². The molecule has 2 atom stereocenters. The van der Waals surface area contributed by atoms with Crippen molar-refractivity contribution in [3.05, 3.63) is 27.9 Å². The molecule has 2 aromatic heterocycles. The van der Waals surface area contributed by atoms with Crippen molar-refractivity contribution < 1.29 is 9.00 Å². The van der Waals surface area contributed by atoms with E-state index in [4.69, 9.17) is 0 Å². The maximum atomic E-state index is 12.4. The van der Waals surface area contributed by atoms with Crippen molar-refractivity contribution in [3.63, 3.8) is 0 Å². The summed E-state index contributed by atoms with van der Waals surface area (Å²) < 4.78 is 12.4. The van der Waals surface area contributed by atoms with E-state index in [1.54, 1.807) is 29.6 Å². The summed E-state index contributed by atoms with van der Waals surface area (Å²) >= 11 is 3.18. The van der Waals surface area contributed by atoms with Crippen LogP contribution in [0.3, 0.4) is 0 Å². The summed E-state index contributed by atoms with van der Waals surface area (Å²) in [4.78, 5) is 16.5. The fourth-order valence-electron chi connectivity index (χ4n) is 1.91. The molecule has 2 unspecified atom stereocenters. The van der Waals surface area contributed by atoms with Crippen molar-refractivity contribution in [3.8, 4) is 10.6 Å². The number of thiophene rings is 1. The Bertz CT molecular complexity index is 650. The molecule has 4 nitrogen and oxygen atoms in total. The molecule has 2 aromatic rings. The third kappa shape index (κ3) is 5.51. The second-order valence-corrected chi connectivity index (χ2v) is 9.19. The summed E-state index contributed by atoms with van der Waals surface area (Å²) in [6, 6.07) is 2.02. The van der Waals surface area contributed by atoms with Crippen LogP contribution in [0.25, 0.3) is 10.6 Å². The van der Waals surface area contributed by atoms with Gasteiger partial charge in [-0.05, 0) is 30.7 Å². The summed E-state index contributed by atoms with van der Waals surface area (Å²) in [5.74, 6) is 0.721. The second kappa shape index (κ2) is 8.70. The van der Waals surface area contributed by atoms with E-state index in [0.717, 1.165) is 22.7 Å². The van der Waals surface area contributed by atoms with Crippen LogP contribution in [0.4, 0.5) is 0 Å². The molecule has 1 N–H and O–H groups in total. The molecule has 0 bridgehead atoms. The van der Waals surface area contributed by atoms with E-state index in [-0.39, 0.29) is 5.91 Å². The Balaban J connectivity index is 1.87. The summed E-state index contributed by atoms with van der Waals surface area (Å²) in [6.07, 6.45) is 0.932. The van der Waals surface area contributed by atoms with Crippen molar-refractivity contribution in [2.75, 3.05) is 6.54 Å². The fourth-order valence-corrected chi connectivity index (χ4v) is 4.56. The molecule has 2 rings (SSSR count). The van der Waals surface area contributed by atoms with Gasteiger partial charge >= 0.3 is 0 Å². The Morgan fingerprint density at radius 1 is 1.35 bits per heavy atom. The summed E-state index contributed by atoms with van der Waals surface area (Å²) in [6.45, 7) is 6.58. The monoisotopic (exact) mass is 370 g/mol. The number of thiazole rings is 1. The van der Waals surface area contributed by atoms with Crippen LogP contribution >= 0.6 is 22.7 Å². The maximum Gasteiger partial charge on any atom is 0.235 e. The van der Waals surface area contributed by atoms with Crippen LogP contribution in [0.15, 0.2) is 22.2 Å². The van der Waals surface area contributed by atoms with Gasteiger partial charge in [0.05, 0.1) is 11.4 Å². The smallest absolute Gasteiger partial charge is 0.235 e. The Morgan fingerprint density at radius 3 is 2.78 bits per heavy atom. The van der Waals surface area contributed by atoms with Gasteiger partial charge in [-0.25, -0.2) is 4.98 Å². The highest BCUT2D eigenvalue weighted by Gasteiger charge is 2.21. The largest absolute Gasteiger partial charge is 0.355 e. The lowest BCUT2D eigenvalue weighted by atomic mass is 10.1. The minimum Gasteiger partial charge on any atom is -0.355 e. The van der Waals surface area contributed by atoms with Crippen LogP contribution in [0.1, 0.15) is 32.9 Å². The van der Waals surface area contributed by atoms with E-state index >= 15 is 0 Å². The van der Waals surface area contributed by atoms with Crippen molar-refractivity contribution in [1.82, 2.24) is 10.3 Å². The summed E-state index contributed by atoms with van der Waals surface area (Å²) in [5, 5.41) is 9.26. The number of hydrogen-bond donors (Lipinski definition) is 1. The molecular formula is C16H22N2O2S3. The topological polar surface area (TPSA) is 59.1 Å². The zero-order chi connectivity index (χ0) is 16.8. The number of carbonyl (C=O) groups is 1. The molecule has 0 aliphatic rings. The van der Waals surface area contributed by atoms with E-state index < -0.39 is 16.0 Å². The molecule has 0 saturated carbocycles. The SMILES string of the molecule is CC(C)CCNC(=O)C(C)S(=O)Cc1csc(-c2ccsc2)n1. The van der Waals surface area contributed by atoms with Crippen molar-refractivity contribution in [1.29, 1.82) is 0 Å². The summed E-state index contributed by atoms with van der Waals surface area (Å²) in [5.41, 5.74) is 1.88. The molecule has 2 heterocycles. The maximum absolute atomic E-state index is 12.4. The molecule has 0 aliphatic heterocycles. The molecule has 0 aromatic carbocycles. The normalized spacial score (nSPS) is 13.9. The quantitative estimate of drug-likeness (QED) is 0.771. The summed E-state index contributed by atoms with van der Waals surface area (Å²) in [7, 11) is -1.26. The standard InChI is InChI=1S/C16H22N2O2S3/c1-11(2)4-6-17-15(19)12(3)23(20)10-14-9-22-16(18-14)13-5-7-21-8-13/h5,7-9,11-12H,4,6,10H2,1-3H3,(H,17,19). The lowest BCUT2D eigenvalue weighted by Gasteiger charge is -2.12. The van der Waals surface area contributed by atoms with Gasteiger partial charge in [0, 0.05) is 33.7 Å². The Labute approximate surface area is 147 Å². The lowest BCUT2D eigenvalue weighted by Crippen LogP contribution is -2.36. The number of nitrogens with one attached hydrogen (secondary N) is 1. The van der Waals surface area contributed by atoms with Gasteiger partial charge in [0.1, 0.15) is 10.3 Å². The number of hydrogen-bond acceptors (Lipinski definition) is 5. The van der Waals surface area contributed by atoms with Gasteiger partial charge < -0.3 is 5.32 Å². The predicted molar refractivity (Wildman–Crippen MR) is 99.2 cm³/mol. The zero-order valence-electron chi connectivity index (χ0n) is 13.6. The lowest BCUT2D eigenvalue weighted by molar-refractivity contribution is -0.120. The van der Waals surface area contributed by atoms with Gasteiger partial charge in [0.15, 0.2) is 0 Å². The zero-order valence-corrected chi connectivity index (χ0v) is 16.0. The first-order valence-corrected chi connectivity index (χ1v) is 10.8. The van der Waals surface area contributed by atoms with Crippen LogP contribution in [0.5, 0.6) is 0 Å². The Kier molecular flexibility index (Phi) is 6.92. The molecule has 1 amide bonds. The van der Waals surface area contributed by atoms with Gasteiger partial charge in [-0.15, -0.1) is 11.3 Å². The third-order valence-electron chi connectivity index (χ3n) is 3.39. The van der Waals surface area contributed by atoms with Crippen LogP contribution in [-0.4, -0.2) is 26.9 Å². The predicted octanol–water partition coefficient (Wildman–Crippen LogP) is 3.67. The van der Waals surface area contributed by atoms with Crippen molar-refractivity contribution in [2.24, 2.45) is 5.92 Å². The molecule has 0 aliphatic carbocycles. The van der Waals surface area contributed by atoms with Crippen LogP contribution in [-0.2, 0) is 21.3 Å². The van der Waals surface area contributed by atoms with Crippen LogP contribution in [0.2, 0.25) is 0 Å². The van der Waals surface area contributed by atoms with Gasteiger partial charge in [0.2, 0.25) is 5.91 Å². The van der Waals surface area contributed by atoms with Crippen LogP contribution < -0.4 is 5.32 Å². The second-order valence-electron chi connectivity index (χ2n) is 5.80. The van der Waals surface area contributed by atoms with Gasteiger partial charge in [-0.3, -0.25) is 9.00 Å². The minimum absolute atomic E-state index is 0.141. The first-order chi connectivity index (χ1) is 11.0. The van der Waals surface area contributed by atoms with Gasteiger partial charge in [-0.2, -0.15) is 11.3 Å². The molecule has 7 heteroatoms. The first kappa shape index (κ1) is 18.3. The Hall–Kier alpha value is -1.05. The van der Waals surface area contributed by atoms with E-state index in [0.29, 0.717) is 18.2 Å². The number of nitrogens with zero attached hydrogens (tertiary/aromatic N) is 1. The first-order valence-electron chi connectivity index (χ1n) is 7.59.